The number of nitrogens with one attached hydrogen (secondary N) is 2. The minimum Gasteiger partial charge on any atom is -0.369 e. The molecule has 1 aliphatic rings. The molecular formula is C27H33F3N5O2P. The minimum atomic E-state index is -4.44. The summed E-state index contributed by atoms with van der Waals surface area (Å²) in [5.74, 6) is 0.881. The lowest BCUT2D eigenvalue weighted by atomic mass is 9.97. The van der Waals surface area contributed by atoms with Crippen LogP contribution in [0.4, 0.5) is 24.7 Å². The van der Waals surface area contributed by atoms with Crippen LogP contribution in [0, 0.1) is 13.8 Å². The maximum atomic E-state index is 13.5. The van der Waals surface area contributed by atoms with Gasteiger partial charge in [0, 0.05) is 42.4 Å². The number of hydrogen-bond donors (Lipinski definition) is 2. The average Bonchev–Trinajstić information content (AvgIpc) is 3.24. The fourth-order valence-corrected chi connectivity index (χ4v) is 6.35. The normalized spacial score (nSPS) is 17.1. The van der Waals surface area contributed by atoms with Crippen LogP contribution < -0.4 is 20.8 Å². The topological polar surface area (TPSA) is 87.2 Å². The highest BCUT2D eigenvalue weighted by Gasteiger charge is 2.33. The van der Waals surface area contributed by atoms with Crippen LogP contribution in [-0.4, -0.2) is 48.3 Å². The van der Waals surface area contributed by atoms with E-state index in [1.807, 2.05) is 12.1 Å². The second-order valence-electron chi connectivity index (χ2n) is 10.3. The van der Waals surface area contributed by atoms with Crippen molar-refractivity contribution in [2.75, 3.05) is 36.6 Å². The lowest BCUT2D eigenvalue weighted by Gasteiger charge is -2.26. The summed E-state index contributed by atoms with van der Waals surface area (Å²) in [6.07, 6.45) is -3.68. The molecule has 0 radical (unpaired) electrons. The van der Waals surface area contributed by atoms with E-state index in [9.17, 15) is 22.5 Å². The molecule has 0 aliphatic carbocycles. The Morgan fingerprint density at radius 1 is 1.18 bits per heavy atom. The van der Waals surface area contributed by atoms with Crippen LogP contribution in [0.1, 0.15) is 48.8 Å². The van der Waals surface area contributed by atoms with E-state index in [0.29, 0.717) is 46.5 Å². The number of benzene rings is 2. The molecule has 1 saturated heterocycles. The van der Waals surface area contributed by atoms with E-state index in [2.05, 4.69) is 25.5 Å². The zero-order valence-electron chi connectivity index (χ0n) is 22.4. The van der Waals surface area contributed by atoms with Gasteiger partial charge in [0.2, 0.25) is 5.91 Å². The first kappa shape index (κ1) is 27.9. The second-order valence-corrected chi connectivity index (χ2v) is 13.5. The summed E-state index contributed by atoms with van der Waals surface area (Å²) >= 11 is 0. The molecule has 1 amide bonds. The molecule has 4 rings (SSSR count). The number of halogens is 3. The molecule has 1 aromatic heterocycles. The van der Waals surface area contributed by atoms with Crippen LogP contribution in [0.25, 0.3) is 10.9 Å². The Hall–Kier alpha value is -3.13. The first-order valence-electron chi connectivity index (χ1n) is 12.5. The first-order chi connectivity index (χ1) is 17.6. The van der Waals surface area contributed by atoms with E-state index < -0.39 is 24.9 Å². The molecule has 7 nitrogen and oxygen atoms in total. The van der Waals surface area contributed by atoms with E-state index in [-0.39, 0.29) is 17.5 Å². The van der Waals surface area contributed by atoms with Gasteiger partial charge in [0.25, 0.3) is 0 Å². The number of aromatic nitrogens is 2. The van der Waals surface area contributed by atoms with Gasteiger partial charge >= 0.3 is 6.18 Å². The highest BCUT2D eigenvalue weighted by molar-refractivity contribution is 7.70. The summed E-state index contributed by atoms with van der Waals surface area (Å²) in [6, 6.07) is 7.43. The third kappa shape index (κ3) is 5.80. The highest BCUT2D eigenvalue weighted by atomic mass is 31.2. The molecule has 2 N–H and O–H groups in total. The van der Waals surface area contributed by atoms with Crippen molar-refractivity contribution in [3.63, 3.8) is 0 Å². The standard InChI is InChI=1S/C27H33F3N5O2P/c1-15-20(8-7-9-22(15)27(28,29)30)16(2)31-26-21-12-24(35-11-10-19(14-35)34-18(4)36)25(38(5,6)37)13-23(21)32-17(3)33-26/h7-9,12-13,16,19H,10-11,14H2,1-6H3,(H,34,36)(H,31,32,33)/t16-,19+/m1/s1. The first-order valence-corrected chi connectivity index (χ1v) is 15.1. The Bertz CT molecular complexity index is 1440. The van der Waals surface area contributed by atoms with Gasteiger partial charge in [-0.2, -0.15) is 13.2 Å². The van der Waals surface area contributed by atoms with Gasteiger partial charge in [-0.25, -0.2) is 9.97 Å². The Balaban J connectivity index is 1.79. The number of rotatable bonds is 6. The SMILES string of the molecule is CC(=O)N[C@H]1CCN(c2cc3c(N[C@H](C)c4cccc(C(F)(F)F)c4C)nc(C)nc3cc2P(C)(C)=O)C1. The average molecular weight is 548 g/mol. The smallest absolute Gasteiger partial charge is 0.369 e. The van der Waals surface area contributed by atoms with Crippen molar-refractivity contribution in [3.05, 3.63) is 52.8 Å². The van der Waals surface area contributed by atoms with Crippen molar-refractivity contribution in [1.29, 1.82) is 0 Å². The number of carbonyl (C=O) groups is 1. The molecule has 11 heteroatoms. The monoisotopic (exact) mass is 547 g/mol. The zero-order valence-corrected chi connectivity index (χ0v) is 23.3. The van der Waals surface area contributed by atoms with E-state index in [0.717, 1.165) is 18.2 Å². The molecule has 0 unspecified atom stereocenters. The molecule has 1 fully saturated rings. The lowest BCUT2D eigenvalue weighted by Crippen LogP contribution is -2.36. The molecule has 3 aromatic rings. The Kier molecular flexibility index (Phi) is 7.49. The number of aryl methyl sites for hydroxylation is 1. The largest absolute Gasteiger partial charge is 0.416 e. The summed E-state index contributed by atoms with van der Waals surface area (Å²) in [5, 5.41) is 7.64. The third-order valence-corrected chi connectivity index (χ3v) is 8.44. The summed E-state index contributed by atoms with van der Waals surface area (Å²) < 4.78 is 53.9. The molecule has 0 spiro atoms. The zero-order chi connectivity index (χ0) is 28.0. The van der Waals surface area contributed by atoms with Crippen LogP contribution in [-0.2, 0) is 15.5 Å². The van der Waals surface area contributed by atoms with E-state index in [4.69, 9.17) is 0 Å². The van der Waals surface area contributed by atoms with Gasteiger partial charge in [0.1, 0.15) is 18.8 Å². The number of hydrogen-bond acceptors (Lipinski definition) is 6. The molecule has 204 valence electrons. The number of anilines is 2. The number of carbonyl (C=O) groups excluding carboxylic acids is 1. The predicted octanol–water partition coefficient (Wildman–Crippen LogP) is 5.40. The quantitative estimate of drug-likeness (QED) is 0.402. The fraction of sp³-hybridized carbons (Fsp3) is 0.444. The van der Waals surface area contributed by atoms with Crippen molar-refractivity contribution >= 4 is 40.8 Å². The van der Waals surface area contributed by atoms with Crippen molar-refractivity contribution < 1.29 is 22.5 Å². The van der Waals surface area contributed by atoms with Crippen LogP contribution in [0.2, 0.25) is 0 Å². The van der Waals surface area contributed by atoms with Gasteiger partial charge in [-0.3, -0.25) is 4.79 Å². The molecule has 0 bridgehead atoms. The molecule has 1 aliphatic heterocycles. The lowest BCUT2D eigenvalue weighted by molar-refractivity contribution is -0.138. The van der Waals surface area contributed by atoms with Gasteiger partial charge in [0.15, 0.2) is 0 Å². The summed E-state index contributed by atoms with van der Waals surface area (Å²) in [5.41, 5.74) is 1.41. The summed E-state index contributed by atoms with van der Waals surface area (Å²) in [6.45, 7) is 11.2. The van der Waals surface area contributed by atoms with Crippen LogP contribution in [0.15, 0.2) is 30.3 Å². The summed E-state index contributed by atoms with van der Waals surface area (Å²) in [7, 11) is -2.71. The minimum absolute atomic E-state index is 0.0140. The Morgan fingerprint density at radius 2 is 1.89 bits per heavy atom. The molecule has 2 aromatic carbocycles. The maximum Gasteiger partial charge on any atom is 0.416 e. The van der Waals surface area contributed by atoms with Crippen LogP contribution >= 0.6 is 7.14 Å². The van der Waals surface area contributed by atoms with Crippen molar-refractivity contribution in [3.8, 4) is 0 Å². The fourth-order valence-electron chi connectivity index (χ4n) is 5.16. The van der Waals surface area contributed by atoms with Crippen LogP contribution in [0.5, 0.6) is 0 Å². The number of alkyl halides is 3. The Morgan fingerprint density at radius 3 is 2.53 bits per heavy atom. The molecule has 2 atom stereocenters. The maximum absolute atomic E-state index is 13.5. The highest BCUT2D eigenvalue weighted by Crippen LogP contribution is 2.42. The van der Waals surface area contributed by atoms with Crippen molar-refractivity contribution in [1.82, 2.24) is 15.3 Å². The summed E-state index contributed by atoms with van der Waals surface area (Å²) in [4.78, 5) is 22.9. The molecule has 2 heterocycles. The van der Waals surface area contributed by atoms with Crippen LogP contribution in [0.3, 0.4) is 0 Å². The predicted molar refractivity (Wildman–Crippen MR) is 146 cm³/mol. The Labute approximate surface area is 220 Å². The number of nitrogens with zero attached hydrogens (tertiary/aromatic N) is 3. The van der Waals surface area contributed by atoms with Gasteiger partial charge in [0.05, 0.1) is 17.1 Å². The molecule has 0 saturated carbocycles. The second kappa shape index (κ2) is 10.2. The van der Waals surface area contributed by atoms with Gasteiger partial charge in [-0.05, 0) is 69.8 Å². The van der Waals surface area contributed by atoms with Gasteiger partial charge in [-0.1, -0.05) is 12.1 Å². The van der Waals surface area contributed by atoms with Gasteiger partial charge in [-0.15, -0.1) is 0 Å². The number of fused-ring (bicyclic) bond motifs is 1. The number of amides is 1. The van der Waals surface area contributed by atoms with E-state index in [1.165, 1.54) is 19.9 Å². The molecule has 38 heavy (non-hydrogen) atoms. The van der Waals surface area contributed by atoms with Crippen molar-refractivity contribution in [2.45, 2.75) is 52.4 Å². The van der Waals surface area contributed by atoms with E-state index >= 15 is 0 Å². The van der Waals surface area contributed by atoms with E-state index in [1.54, 1.807) is 33.2 Å². The van der Waals surface area contributed by atoms with Crippen molar-refractivity contribution in [2.24, 2.45) is 0 Å². The third-order valence-electron chi connectivity index (χ3n) is 6.92. The molecular weight excluding hydrogens is 514 g/mol. The van der Waals surface area contributed by atoms with Gasteiger partial charge < -0.3 is 20.1 Å².